The van der Waals surface area contributed by atoms with Crippen LogP contribution in [0.15, 0.2) is 35.9 Å². The summed E-state index contributed by atoms with van der Waals surface area (Å²) < 4.78 is 5.51. The Labute approximate surface area is 143 Å². The van der Waals surface area contributed by atoms with Gasteiger partial charge in [-0.3, -0.25) is 4.79 Å². The standard InChI is InChI=1S/C20H23ClO2/c1-7-14(16(21)15-11-9-8-10-12-15)13-23-17(22)20(6)18(2,3)19(20,4)5/h1,8-12H,13H2,2-6H3. The Morgan fingerprint density at radius 3 is 2.09 bits per heavy atom. The van der Waals surface area contributed by atoms with E-state index in [1.165, 1.54) is 0 Å². The summed E-state index contributed by atoms with van der Waals surface area (Å²) in [6.45, 7) is 10.3. The van der Waals surface area contributed by atoms with Crippen molar-refractivity contribution in [3.05, 3.63) is 41.5 Å². The van der Waals surface area contributed by atoms with Crippen LogP contribution in [0.4, 0.5) is 0 Å². The van der Waals surface area contributed by atoms with Crippen molar-refractivity contribution in [1.29, 1.82) is 0 Å². The van der Waals surface area contributed by atoms with Gasteiger partial charge in [-0.1, -0.05) is 75.5 Å². The Morgan fingerprint density at radius 2 is 1.65 bits per heavy atom. The van der Waals surface area contributed by atoms with Crippen molar-refractivity contribution in [2.24, 2.45) is 16.2 Å². The lowest BCUT2D eigenvalue weighted by Gasteiger charge is -2.15. The predicted octanol–water partition coefficient (Wildman–Crippen LogP) is 4.89. The molecule has 0 atom stereocenters. The van der Waals surface area contributed by atoms with Crippen LogP contribution in [0.1, 0.15) is 40.2 Å². The van der Waals surface area contributed by atoms with E-state index < -0.39 is 5.41 Å². The highest BCUT2D eigenvalue weighted by atomic mass is 35.5. The number of rotatable bonds is 4. The number of halogens is 1. The van der Waals surface area contributed by atoms with Crippen molar-refractivity contribution >= 4 is 22.6 Å². The van der Waals surface area contributed by atoms with Crippen molar-refractivity contribution < 1.29 is 9.53 Å². The summed E-state index contributed by atoms with van der Waals surface area (Å²) in [5.74, 6) is 2.32. The number of hydrogen-bond acceptors (Lipinski definition) is 2. The number of hydrogen-bond donors (Lipinski definition) is 0. The molecule has 0 bridgehead atoms. The molecule has 0 aliphatic heterocycles. The second kappa shape index (κ2) is 5.73. The van der Waals surface area contributed by atoms with Gasteiger partial charge in [-0.2, -0.15) is 0 Å². The second-order valence-corrected chi connectivity index (χ2v) is 7.63. The largest absolute Gasteiger partial charge is 0.460 e. The summed E-state index contributed by atoms with van der Waals surface area (Å²) in [7, 11) is 0. The Morgan fingerprint density at radius 1 is 1.13 bits per heavy atom. The van der Waals surface area contributed by atoms with Crippen molar-refractivity contribution in [3.8, 4) is 12.3 Å². The van der Waals surface area contributed by atoms with Gasteiger partial charge in [0.25, 0.3) is 0 Å². The lowest BCUT2D eigenvalue weighted by Crippen LogP contribution is -2.23. The molecule has 0 amide bonds. The van der Waals surface area contributed by atoms with E-state index in [4.69, 9.17) is 22.8 Å². The van der Waals surface area contributed by atoms with Crippen LogP contribution in [-0.4, -0.2) is 12.6 Å². The van der Waals surface area contributed by atoms with Gasteiger partial charge in [-0.25, -0.2) is 0 Å². The topological polar surface area (TPSA) is 26.3 Å². The normalized spacial score (nSPS) is 20.9. The molecule has 0 saturated heterocycles. The molecule has 1 aromatic carbocycles. The van der Waals surface area contributed by atoms with Crippen LogP contribution in [-0.2, 0) is 9.53 Å². The second-order valence-electron chi connectivity index (χ2n) is 7.25. The molecule has 23 heavy (non-hydrogen) atoms. The van der Waals surface area contributed by atoms with Gasteiger partial charge in [0.15, 0.2) is 0 Å². The average Bonchev–Trinajstić information content (AvgIpc) is 2.86. The van der Waals surface area contributed by atoms with Crippen LogP contribution >= 0.6 is 11.6 Å². The first-order valence-electron chi connectivity index (χ1n) is 7.69. The van der Waals surface area contributed by atoms with Crippen LogP contribution in [0.25, 0.3) is 5.03 Å². The summed E-state index contributed by atoms with van der Waals surface area (Å²) >= 11 is 6.34. The number of esters is 1. The summed E-state index contributed by atoms with van der Waals surface area (Å²) in [5, 5.41) is 0.445. The van der Waals surface area contributed by atoms with E-state index in [2.05, 4.69) is 33.6 Å². The lowest BCUT2D eigenvalue weighted by molar-refractivity contribution is -0.150. The number of terminal acetylenes is 1. The summed E-state index contributed by atoms with van der Waals surface area (Å²) in [5.41, 5.74) is 0.557. The molecule has 0 heterocycles. The first-order chi connectivity index (χ1) is 10.6. The van der Waals surface area contributed by atoms with Gasteiger partial charge in [-0.15, -0.1) is 6.42 Å². The Kier molecular flexibility index (Phi) is 4.39. The molecule has 0 aromatic heterocycles. The molecule has 0 unspecified atom stereocenters. The van der Waals surface area contributed by atoms with Crippen molar-refractivity contribution in [2.75, 3.05) is 6.61 Å². The summed E-state index contributed by atoms with van der Waals surface area (Å²) in [6.07, 6.45) is 5.54. The summed E-state index contributed by atoms with van der Waals surface area (Å²) in [6, 6.07) is 9.41. The van der Waals surface area contributed by atoms with E-state index >= 15 is 0 Å². The number of benzene rings is 1. The zero-order chi connectivity index (χ0) is 17.5. The summed E-state index contributed by atoms with van der Waals surface area (Å²) in [4.78, 5) is 12.6. The van der Waals surface area contributed by atoms with Crippen molar-refractivity contribution in [1.82, 2.24) is 0 Å². The maximum Gasteiger partial charge on any atom is 0.313 e. The Hall–Kier alpha value is -1.72. The minimum absolute atomic E-state index is 0.0187. The molecule has 1 aliphatic rings. The maximum atomic E-state index is 12.6. The molecule has 1 aliphatic carbocycles. The van der Waals surface area contributed by atoms with E-state index in [1.807, 2.05) is 37.3 Å². The highest BCUT2D eigenvalue weighted by Crippen LogP contribution is 2.77. The number of carbonyl (C=O) groups is 1. The van der Waals surface area contributed by atoms with Gasteiger partial charge in [0, 0.05) is 0 Å². The molecule has 2 nitrogen and oxygen atoms in total. The average molecular weight is 331 g/mol. The smallest absolute Gasteiger partial charge is 0.313 e. The zero-order valence-electron chi connectivity index (χ0n) is 14.4. The van der Waals surface area contributed by atoms with Crippen LogP contribution in [0.5, 0.6) is 0 Å². The van der Waals surface area contributed by atoms with Gasteiger partial charge in [-0.05, 0) is 23.3 Å². The van der Waals surface area contributed by atoms with E-state index in [-0.39, 0.29) is 23.4 Å². The van der Waals surface area contributed by atoms with Gasteiger partial charge < -0.3 is 4.74 Å². The molecule has 0 radical (unpaired) electrons. The molecule has 122 valence electrons. The van der Waals surface area contributed by atoms with Crippen LogP contribution in [0.2, 0.25) is 0 Å². The number of ether oxygens (including phenoxy) is 1. The number of carbonyl (C=O) groups excluding carboxylic acids is 1. The monoisotopic (exact) mass is 330 g/mol. The molecule has 1 saturated carbocycles. The minimum atomic E-state index is -0.515. The fourth-order valence-corrected chi connectivity index (χ4v) is 3.55. The van der Waals surface area contributed by atoms with Crippen LogP contribution < -0.4 is 0 Å². The third-order valence-corrected chi connectivity index (χ3v) is 6.67. The molecular formula is C20H23ClO2. The Balaban J connectivity index is 2.14. The quantitative estimate of drug-likeness (QED) is 0.580. The van der Waals surface area contributed by atoms with Gasteiger partial charge in [0.2, 0.25) is 0 Å². The van der Waals surface area contributed by atoms with Crippen LogP contribution in [0.3, 0.4) is 0 Å². The lowest BCUT2D eigenvalue weighted by atomic mass is 9.98. The molecular weight excluding hydrogens is 308 g/mol. The van der Waals surface area contributed by atoms with Crippen molar-refractivity contribution in [3.63, 3.8) is 0 Å². The highest BCUT2D eigenvalue weighted by molar-refractivity contribution is 6.49. The molecule has 0 spiro atoms. The fourth-order valence-electron chi connectivity index (χ4n) is 3.31. The molecule has 3 heteroatoms. The SMILES string of the molecule is C#CC(COC(=O)C1(C)C(C)(C)C1(C)C)=C(Cl)c1ccccc1. The first kappa shape index (κ1) is 17.6. The zero-order valence-corrected chi connectivity index (χ0v) is 15.1. The molecule has 2 rings (SSSR count). The molecule has 1 fully saturated rings. The predicted molar refractivity (Wildman–Crippen MR) is 94.7 cm³/mol. The minimum Gasteiger partial charge on any atom is -0.460 e. The van der Waals surface area contributed by atoms with Gasteiger partial charge in [0.05, 0.1) is 16.0 Å². The highest BCUT2D eigenvalue weighted by Gasteiger charge is 2.79. The van der Waals surface area contributed by atoms with E-state index in [0.717, 1.165) is 5.56 Å². The molecule has 1 aromatic rings. The van der Waals surface area contributed by atoms with Crippen LogP contribution in [0, 0.1) is 28.6 Å². The third kappa shape index (κ3) is 2.48. The molecule has 0 N–H and O–H groups in total. The van der Waals surface area contributed by atoms with Gasteiger partial charge >= 0.3 is 5.97 Å². The Bertz CT molecular complexity index is 676. The van der Waals surface area contributed by atoms with Gasteiger partial charge in [0.1, 0.15) is 6.61 Å². The first-order valence-corrected chi connectivity index (χ1v) is 8.07. The third-order valence-electron chi connectivity index (χ3n) is 6.22. The fraction of sp³-hybridized carbons (Fsp3) is 0.450. The van der Waals surface area contributed by atoms with E-state index in [9.17, 15) is 4.79 Å². The van der Waals surface area contributed by atoms with Crippen molar-refractivity contribution in [2.45, 2.75) is 34.6 Å². The maximum absolute atomic E-state index is 12.6. The van der Waals surface area contributed by atoms with E-state index in [1.54, 1.807) is 0 Å². The van der Waals surface area contributed by atoms with E-state index in [0.29, 0.717) is 10.6 Å².